The summed E-state index contributed by atoms with van der Waals surface area (Å²) >= 11 is 0. The molecule has 10 heteroatoms. The first kappa shape index (κ1) is 74.2. The van der Waals surface area contributed by atoms with E-state index in [2.05, 4.69) is 148 Å². The van der Waals surface area contributed by atoms with Gasteiger partial charge in [0.15, 0.2) is 6.10 Å². The van der Waals surface area contributed by atoms with Gasteiger partial charge in [-0.15, -0.1) is 0 Å². The van der Waals surface area contributed by atoms with E-state index in [-0.39, 0.29) is 32.0 Å². The standard InChI is InChI=1S/C68H114NO8P/c1-6-8-10-12-14-16-18-20-22-24-26-28-29-30-31-32-33-34-35-36-37-38-39-41-43-45-47-49-51-53-55-57-59-61-68(71)77-66(65-76-78(72,73)75-63-62-69(3,4)5)64-74-67(70)60-58-56-54-52-50-48-46-44-42-40-27-25-23-21-19-17-15-13-11-9-7-2/h8,10,14,16,19-22,25-28,30-31,33-34,36-37,39,41,45,47,66H,6-7,9,11-13,15,17-18,23-24,29,32,35,38,40,42-44,46,48-65H2,1-5H3/p+1/b10-8-,16-14-,21-19-,22-20-,27-25-,28-26-,31-30-,34-33-,37-36-,41-39-,47-45-. The van der Waals surface area contributed by atoms with Gasteiger partial charge in [-0.2, -0.15) is 0 Å². The van der Waals surface area contributed by atoms with E-state index in [4.69, 9.17) is 18.5 Å². The first-order valence-electron chi connectivity index (χ1n) is 30.9. The fourth-order valence-electron chi connectivity index (χ4n) is 7.92. The van der Waals surface area contributed by atoms with Gasteiger partial charge >= 0.3 is 19.8 Å². The van der Waals surface area contributed by atoms with Crippen molar-refractivity contribution in [2.75, 3.05) is 47.5 Å². The van der Waals surface area contributed by atoms with Crippen molar-refractivity contribution < 1.29 is 42.1 Å². The van der Waals surface area contributed by atoms with E-state index in [0.717, 1.165) is 128 Å². The number of phosphoric acid groups is 1. The van der Waals surface area contributed by atoms with E-state index >= 15 is 0 Å². The molecule has 1 N–H and O–H groups in total. The molecule has 2 unspecified atom stereocenters. The lowest BCUT2D eigenvalue weighted by atomic mass is 10.1. The number of esters is 2. The molecule has 0 bridgehead atoms. The molecule has 0 fully saturated rings. The van der Waals surface area contributed by atoms with Crippen molar-refractivity contribution in [2.45, 2.75) is 238 Å². The van der Waals surface area contributed by atoms with E-state index < -0.39 is 26.5 Å². The number of allylic oxidation sites excluding steroid dienone is 22. The van der Waals surface area contributed by atoms with Crippen molar-refractivity contribution >= 4 is 19.8 Å². The zero-order valence-electron chi connectivity index (χ0n) is 50.3. The van der Waals surface area contributed by atoms with Crippen molar-refractivity contribution in [3.05, 3.63) is 134 Å². The fraction of sp³-hybridized carbons (Fsp3) is 0.647. The summed E-state index contributed by atoms with van der Waals surface area (Å²) < 4.78 is 34.6. The Hall–Kier alpha value is -3.85. The highest BCUT2D eigenvalue weighted by atomic mass is 31.2. The number of nitrogens with zero attached hydrogens (tertiary/aromatic N) is 1. The molecule has 0 aromatic carbocycles. The molecule has 0 saturated carbocycles. The molecule has 444 valence electrons. The summed E-state index contributed by atoms with van der Waals surface area (Å²) in [5.74, 6) is -0.832. The number of ether oxygens (including phenoxy) is 2. The van der Waals surface area contributed by atoms with Gasteiger partial charge in [-0.1, -0.05) is 237 Å². The lowest BCUT2D eigenvalue weighted by Gasteiger charge is -2.24. The fourth-order valence-corrected chi connectivity index (χ4v) is 8.66. The average molecular weight is 1110 g/mol. The summed E-state index contributed by atoms with van der Waals surface area (Å²) in [7, 11) is 1.44. The van der Waals surface area contributed by atoms with E-state index in [1.165, 1.54) is 70.6 Å². The lowest BCUT2D eigenvalue weighted by Crippen LogP contribution is -2.37. The number of phosphoric ester groups is 1. The third kappa shape index (κ3) is 61.4. The van der Waals surface area contributed by atoms with Gasteiger partial charge in [0, 0.05) is 12.8 Å². The Bertz CT molecular complexity index is 1780. The van der Waals surface area contributed by atoms with E-state index in [9.17, 15) is 19.0 Å². The van der Waals surface area contributed by atoms with Crippen LogP contribution in [-0.2, 0) is 32.7 Å². The Morgan fingerprint density at radius 1 is 0.410 bits per heavy atom. The number of quaternary nitrogens is 1. The maximum atomic E-state index is 12.8. The topological polar surface area (TPSA) is 108 Å². The average Bonchev–Trinajstić information content (AvgIpc) is 3.41. The smallest absolute Gasteiger partial charge is 0.462 e. The summed E-state index contributed by atoms with van der Waals surface area (Å²) in [5.41, 5.74) is 0. The number of rotatable bonds is 55. The molecule has 9 nitrogen and oxygen atoms in total. The maximum absolute atomic E-state index is 12.8. The van der Waals surface area contributed by atoms with Crippen LogP contribution in [0.4, 0.5) is 0 Å². The van der Waals surface area contributed by atoms with Crippen LogP contribution in [0.25, 0.3) is 0 Å². The van der Waals surface area contributed by atoms with E-state index in [1.807, 2.05) is 21.1 Å². The number of hydrogen-bond acceptors (Lipinski definition) is 7. The molecular weight excluding hydrogens is 990 g/mol. The molecule has 0 aromatic rings. The summed E-state index contributed by atoms with van der Waals surface area (Å²) in [5, 5.41) is 0. The quantitative estimate of drug-likeness (QED) is 0.0211. The van der Waals surface area contributed by atoms with Gasteiger partial charge in [-0.05, 0) is 116 Å². The molecule has 2 atom stereocenters. The lowest BCUT2D eigenvalue weighted by molar-refractivity contribution is -0.870. The third-order valence-corrected chi connectivity index (χ3v) is 13.6. The van der Waals surface area contributed by atoms with Gasteiger partial charge < -0.3 is 18.9 Å². The van der Waals surface area contributed by atoms with Crippen LogP contribution in [0.2, 0.25) is 0 Å². The van der Waals surface area contributed by atoms with Crippen LogP contribution >= 0.6 is 7.82 Å². The molecule has 0 radical (unpaired) electrons. The third-order valence-electron chi connectivity index (χ3n) is 12.7. The summed E-state index contributed by atoms with van der Waals surface area (Å²) in [6, 6.07) is 0. The van der Waals surface area contributed by atoms with Crippen molar-refractivity contribution in [1.82, 2.24) is 0 Å². The first-order chi connectivity index (χ1) is 38.0. The molecule has 0 aliphatic heterocycles. The van der Waals surface area contributed by atoms with Crippen LogP contribution in [-0.4, -0.2) is 74.9 Å². The Morgan fingerprint density at radius 2 is 0.731 bits per heavy atom. The normalized spacial score (nSPS) is 14.2. The zero-order valence-corrected chi connectivity index (χ0v) is 51.2. The molecule has 0 aliphatic rings. The Kier molecular flexibility index (Phi) is 55.0. The Morgan fingerprint density at radius 3 is 1.09 bits per heavy atom. The number of likely N-dealkylation sites (N-methyl/N-ethyl adjacent to an activating group) is 1. The molecule has 0 rings (SSSR count). The number of hydrogen-bond donors (Lipinski definition) is 1. The van der Waals surface area contributed by atoms with Gasteiger partial charge in [-0.3, -0.25) is 18.6 Å². The SMILES string of the molecule is CC/C=C\C/C=C\C/C=C\C/C=C\C/C=C\C/C=C\C/C=C\C/C=C\C/C=C\CCCCCCCC(=O)OC(COC(=O)CCCCCCCCCCC/C=C\C/C=C\CCCCCCC)COP(=O)(O)OCC[N+](C)(C)C. The second-order valence-electron chi connectivity index (χ2n) is 21.4. The molecule has 0 spiro atoms. The summed E-state index contributed by atoms with van der Waals surface area (Å²) in [6.45, 7) is 4.27. The van der Waals surface area contributed by atoms with Gasteiger partial charge in [0.25, 0.3) is 0 Å². The van der Waals surface area contributed by atoms with Crippen LogP contribution < -0.4 is 0 Å². The van der Waals surface area contributed by atoms with Gasteiger partial charge in [0.2, 0.25) is 0 Å². The van der Waals surface area contributed by atoms with Crippen LogP contribution in [0.3, 0.4) is 0 Å². The molecule has 0 saturated heterocycles. The minimum absolute atomic E-state index is 0.0196. The van der Waals surface area contributed by atoms with E-state index in [0.29, 0.717) is 17.4 Å². The summed E-state index contributed by atoms with van der Waals surface area (Å²) in [4.78, 5) is 35.7. The van der Waals surface area contributed by atoms with Crippen LogP contribution in [0.1, 0.15) is 232 Å². The predicted octanol–water partition coefficient (Wildman–Crippen LogP) is 19.7. The second kappa shape index (κ2) is 57.8. The van der Waals surface area contributed by atoms with Crippen molar-refractivity contribution in [1.29, 1.82) is 0 Å². The van der Waals surface area contributed by atoms with Gasteiger partial charge in [0.05, 0.1) is 27.7 Å². The highest BCUT2D eigenvalue weighted by Gasteiger charge is 2.27. The minimum Gasteiger partial charge on any atom is -0.462 e. The van der Waals surface area contributed by atoms with Crippen LogP contribution in [0.5, 0.6) is 0 Å². The Labute approximate surface area is 479 Å². The van der Waals surface area contributed by atoms with Crippen LogP contribution in [0.15, 0.2) is 134 Å². The molecule has 0 amide bonds. The van der Waals surface area contributed by atoms with Crippen LogP contribution in [0, 0.1) is 0 Å². The predicted molar refractivity (Wildman–Crippen MR) is 334 cm³/mol. The van der Waals surface area contributed by atoms with Crippen molar-refractivity contribution in [3.8, 4) is 0 Å². The highest BCUT2D eigenvalue weighted by molar-refractivity contribution is 7.47. The van der Waals surface area contributed by atoms with Crippen molar-refractivity contribution in [3.63, 3.8) is 0 Å². The van der Waals surface area contributed by atoms with Gasteiger partial charge in [0.1, 0.15) is 19.8 Å². The minimum atomic E-state index is -4.40. The molecule has 78 heavy (non-hydrogen) atoms. The van der Waals surface area contributed by atoms with Crippen molar-refractivity contribution in [2.24, 2.45) is 0 Å². The molecule has 0 heterocycles. The van der Waals surface area contributed by atoms with Gasteiger partial charge in [-0.25, -0.2) is 4.57 Å². The number of carbonyl (C=O) groups is 2. The largest absolute Gasteiger partial charge is 0.472 e. The maximum Gasteiger partial charge on any atom is 0.472 e. The Balaban J connectivity index is 4.24. The monoisotopic (exact) mass is 1100 g/mol. The number of carbonyl (C=O) groups excluding carboxylic acids is 2. The second-order valence-corrected chi connectivity index (χ2v) is 22.8. The van der Waals surface area contributed by atoms with E-state index in [1.54, 1.807) is 0 Å². The first-order valence-corrected chi connectivity index (χ1v) is 32.4. The zero-order chi connectivity index (χ0) is 57.0. The molecule has 0 aromatic heterocycles. The molecule has 0 aliphatic carbocycles. The highest BCUT2D eigenvalue weighted by Crippen LogP contribution is 2.43. The number of unbranched alkanes of at least 4 members (excludes halogenated alkanes) is 19. The summed E-state index contributed by atoms with van der Waals surface area (Å²) in [6.07, 6.45) is 83.8. The molecular formula is C68H115NO8P+.